The van der Waals surface area contributed by atoms with Crippen LogP contribution < -0.4 is 5.32 Å². The number of aromatic nitrogens is 2. The van der Waals surface area contributed by atoms with E-state index in [1.807, 2.05) is 0 Å². The van der Waals surface area contributed by atoms with Crippen molar-refractivity contribution in [2.75, 3.05) is 6.26 Å². The average molecular weight is 283 g/mol. The van der Waals surface area contributed by atoms with Crippen molar-refractivity contribution in [1.82, 2.24) is 15.3 Å². The Kier molecular flexibility index (Phi) is 3.00. The lowest BCUT2D eigenvalue weighted by Crippen LogP contribution is -2.02. The van der Waals surface area contributed by atoms with Crippen molar-refractivity contribution in [3.05, 3.63) is 41.2 Å². The van der Waals surface area contributed by atoms with E-state index in [1.54, 1.807) is 11.8 Å². The first-order valence-electron chi connectivity index (χ1n) is 7.10. The number of hydrogen-bond acceptors (Lipinski definition) is 4. The van der Waals surface area contributed by atoms with Crippen LogP contribution in [-0.4, -0.2) is 16.2 Å². The first-order chi connectivity index (χ1) is 9.85. The number of fused-ring (bicyclic) bond motifs is 1. The van der Waals surface area contributed by atoms with Gasteiger partial charge in [-0.1, -0.05) is 12.1 Å². The van der Waals surface area contributed by atoms with Crippen molar-refractivity contribution in [2.24, 2.45) is 0 Å². The summed E-state index contributed by atoms with van der Waals surface area (Å²) in [6.07, 6.45) is 4.67. The van der Waals surface area contributed by atoms with Gasteiger partial charge in [0.2, 0.25) is 0 Å². The summed E-state index contributed by atoms with van der Waals surface area (Å²) < 4.78 is 0. The second-order valence-corrected chi connectivity index (χ2v) is 6.34. The molecule has 4 rings (SSSR count). The molecule has 4 heteroatoms. The van der Waals surface area contributed by atoms with Gasteiger partial charge in [-0.05, 0) is 31.2 Å². The molecule has 0 bridgehead atoms. The second kappa shape index (κ2) is 4.86. The first kappa shape index (κ1) is 12.4. The zero-order chi connectivity index (χ0) is 13.5. The highest BCUT2D eigenvalue weighted by atomic mass is 32.2. The number of thioether (sulfide) groups is 1. The Morgan fingerprint density at radius 2 is 1.90 bits per heavy atom. The van der Waals surface area contributed by atoms with E-state index >= 15 is 0 Å². The molecular formula is C16H17N3S. The quantitative estimate of drug-likeness (QED) is 0.877. The Morgan fingerprint density at radius 1 is 1.10 bits per heavy atom. The van der Waals surface area contributed by atoms with Gasteiger partial charge in [-0.25, -0.2) is 9.97 Å². The van der Waals surface area contributed by atoms with Crippen molar-refractivity contribution in [1.29, 1.82) is 0 Å². The SMILES string of the molecule is CSc1ccc(-c2nc3c(c(C4CC4)n2)CNC3)cc1. The molecule has 0 unspecified atom stereocenters. The smallest absolute Gasteiger partial charge is 0.159 e. The van der Waals surface area contributed by atoms with E-state index in [1.165, 1.54) is 34.7 Å². The highest BCUT2D eigenvalue weighted by Gasteiger charge is 2.31. The Bertz CT molecular complexity index is 648. The van der Waals surface area contributed by atoms with Crippen molar-refractivity contribution >= 4 is 11.8 Å². The van der Waals surface area contributed by atoms with Crippen LogP contribution in [0.2, 0.25) is 0 Å². The summed E-state index contributed by atoms with van der Waals surface area (Å²) in [5.74, 6) is 1.57. The molecule has 0 amide bonds. The summed E-state index contributed by atoms with van der Waals surface area (Å²) in [5.41, 5.74) is 4.98. The van der Waals surface area contributed by atoms with Crippen LogP contribution in [0.3, 0.4) is 0 Å². The molecule has 1 N–H and O–H groups in total. The minimum Gasteiger partial charge on any atom is -0.307 e. The largest absolute Gasteiger partial charge is 0.307 e. The van der Waals surface area contributed by atoms with Gasteiger partial charge in [0.25, 0.3) is 0 Å². The molecule has 2 aliphatic rings. The molecular weight excluding hydrogens is 266 g/mol. The topological polar surface area (TPSA) is 37.8 Å². The third kappa shape index (κ3) is 2.13. The minimum absolute atomic E-state index is 0.677. The fourth-order valence-electron chi connectivity index (χ4n) is 2.76. The lowest BCUT2D eigenvalue weighted by molar-refractivity contribution is 0.755. The number of hydrogen-bond donors (Lipinski definition) is 1. The van der Waals surface area contributed by atoms with E-state index in [9.17, 15) is 0 Å². The molecule has 1 aromatic heterocycles. The molecule has 1 aromatic carbocycles. The van der Waals surface area contributed by atoms with Crippen LogP contribution in [0.5, 0.6) is 0 Å². The van der Waals surface area contributed by atoms with Crippen LogP contribution in [0.1, 0.15) is 35.7 Å². The van der Waals surface area contributed by atoms with Gasteiger partial charge in [-0.15, -0.1) is 11.8 Å². The van der Waals surface area contributed by atoms with Crippen molar-refractivity contribution in [3.63, 3.8) is 0 Å². The molecule has 102 valence electrons. The number of benzene rings is 1. The van der Waals surface area contributed by atoms with Crippen LogP contribution in [0, 0.1) is 0 Å². The third-order valence-corrected chi connectivity index (χ3v) is 4.77. The van der Waals surface area contributed by atoms with E-state index in [-0.39, 0.29) is 0 Å². The van der Waals surface area contributed by atoms with Gasteiger partial charge in [0.05, 0.1) is 11.4 Å². The van der Waals surface area contributed by atoms with E-state index in [0.717, 1.165) is 24.5 Å². The maximum absolute atomic E-state index is 4.87. The van der Waals surface area contributed by atoms with Crippen LogP contribution in [0.4, 0.5) is 0 Å². The van der Waals surface area contributed by atoms with Crippen LogP contribution in [0.15, 0.2) is 29.2 Å². The van der Waals surface area contributed by atoms with Gasteiger partial charge < -0.3 is 5.32 Å². The number of rotatable bonds is 3. The van der Waals surface area contributed by atoms with Crippen LogP contribution >= 0.6 is 11.8 Å². The molecule has 1 aliphatic heterocycles. The monoisotopic (exact) mass is 283 g/mol. The number of nitrogens with zero attached hydrogens (tertiary/aromatic N) is 2. The Hall–Kier alpha value is -1.39. The van der Waals surface area contributed by atoms with Crippen LogP contribution in [0.25, 0.3) is 11.4 Å². The zero-order valence-electron chi connectivity index (χ0n) is 11.5. The fraction of sp³-hybridized carbons (Fsp3) is 0.375. The van der Waals surface area contributed by atoms with Crippen LogP contribution in [-0.2, 0) is 13.1 Å². The van der Waals surface area contributed by atoms with Gasteiger partial charge in [0.1, 0.15) is 0 Å². The van der Waals surface area contributed by atoms with Crippen molar-refractivity contribution in [3.8, 4) is 11.4 Å². The minimum atomic E-state index is 0.677. The van der Waals surface area contributed by atoms with Gasteiger partial charge in [0.15, 0.2) is 5.82 Å². The molecule has 1 fully saturated rings. The standard InChI is InChI=1S/C16H17N3S/c1-20-12-6-4-11(5-7-12)16-18-14-9-17-8-13(14)15(19-16)10-2-3-10/h4-7,10,17H,2-3,8-9H2,1H3. The van der Waals surface area contributed by atoms with Gasteiger partial charge in [0, 0.05) is 35.0 Å². The molecule has 3 nitrogen and oxygen atoms in total. The van der Waals surface area contributed by atoms with Crippen molar-refractivity contribution < 1.29 is 0 Å². The molecule has 1 saturated carbocycles. The van der Waals surface area contributed by atoms with Gasteiger partial charge in [-0.3, -0.25) is 0 Å². The molecule has 0 saturated heterocycles. The van der Waals surface area contributed by atoms with E-state index in [2.05, 4.69) is 35.8 Å². The molecule has 20 heavy (non-hydrogen) atoms. The maximum atomic E-state index is 4.87. The molecule has 0 radical (unpaired) electrons. The second-order valence-electron chi connectivity index (χ2n) is 5.46. The lowest BCUT2D eigenvalue weighted by atomic mass is 10.1. The van der Waals surface area contributed by atoms with Crippen molar-refractivity contribution in [2.45, 2.75) is 36.7 Å². The van der Waals surface area contributed by atoms with E-state index < -0.39 is 0 Å². The highest BCUT2D eigenvalue weighted by Crippen LogP contribution is 2.42. The third-order valence-electron chi connectivity index (χ3n) is 4.03. The predicted octanol–water partition coefficient (Wildman–Crippen LogP) is 3.35. The molecule has 2 heterocycles. The molecule has 2 aromatic rings. The van der Waals surface area contributed by atoms with E-state index in [0.29, 0.717) is 5.92 Å². The summed E-state index contributed by atoms with van der Waals surface area (Å²) in [4.78, 5) is 10.9. The molecule has 1 aliphatic carbocycles. The van der Waals surface area contributed by atoms with Gasteiger partial charge in [-0.2, -0.15) is 0 Å². The molecule has 0 spiro atoms. The first-order valence-corrected chi connectivity index (χ1v) is 8.32. The Labute approximate surface area is 123 Å². The lowest BCUT2D eigenvalue weighted by Gasteiger charge is -2.09. The molecule has 0 atom stereocenters. The fourth-order valence-corrected chi connectivity index (χ4v) is 3.17. The summed E-state index contributed by atoms with van der Waals surface area (Å²) in [5, 5.41) is 3.40. The summed E-state index contributed by atoms with van der Waals surface area (Å²) in [6, 6.07) is 8.55. The number of nitrogens with one attached hydrogen (secondary N) is 1. The highest BCUT2D eigenvalue weighted by molar-refractivity contribution is 7.98. The Balaban J connectivity index is 1.79. The van der Waals surface area contributed by atoms with E-state index in [4.69, 9.17) is 9.97 Å². The summed E-state index contributed by atoms with van der Waals surface area (Å²) in [6.45, 7) is 1.82. The summed E-state index contributed by atoms with van der Waals surface area (Å²) >= 11 is 1.76. The normalized spacial score (nSPS) is 17.2. The van der Waals surface area contributed by atoms with Gasteiger partial charge >= 0.3 is 0 Å². The zero-order valence-corrected chi connectivity index (χ0v) is 12.3. The summed E-state index contributed by atoms with van der Waals surface area (Å²) in [7, 11) is 0. The maximum Gasteiger partial charge on any atom is 0.159 e. The predicted molar refractivity (Wildman–Crippen MR) is 81.8 cm³/mol. The Morgan fingerprint density at radius 3 is 2.60 bits per heavy atom. The average Bonchev–Trinajstić information content (AvgIpc) is 3.23.